The van der Waals surface area contributed by atoms with Crippen LogP contribution in [0.4, 0.5) is 0 Å². The number of aromatic nitrogens is 3. The SMILES string of the molecule is CNC(=O)c1ccc2c(c1)CCc1cc(C(=O)NC)ccc1C2(C[C@H](C)NCC(=O)N1CCCC1C#N)c1nn(C)c(=O)[nH]1. The van der Waals surface area contributed by atoms with Crippen LogP contribution in [0.5, 0.6) is 0 Å². The van der Waals surface area contributed by atoms with Crippen molar-refractivity contribution in [1.29, 1.82) is 5.26 Å². The van der Waals surface area contributed by atoms with Crippen LogP contribution in [0, 0.1) is 11.3 Å². The van der Waals surface area contributed by atoms with Gasteiger partial charge in [-0.1, -0.05) is 12.1 Å². The molecule has 5 rings (SSSR count). The Kier molecular flexibility index (Phi) is 8.69. The van der Waals surface area contributed by atoms with Gasteiger partial charge in [0.05, 0.1) is 18.0 Å². The fourth-order valence-electron chi connectivity index (χ4n) is 6.68. The lowest BCUT2D eigenvalue weighted by molar-refractivity contribution is -0.130. The van der Waals surface area contributed by atoms with Gasteiger partial charge in [-0.15, -0.1) is 0 Å². The smallest absolute Gasteiger partial charge is 0.343 e. The van der Waals surface area contributed by atoms with E-state index in [1.54, 1.807) is 38.2 Å². The van der Waals surface area contributed by atoms with Gasteiger partial charge in [0.25, 0.3) is 11.8 Å². The number of nitrogens with zero attached hydrogens (tertiary/aromatic N) is 4. The topological polar surface area (TPSA) is 165 Å². The first-order chi connectivity index (χ1) is 21.1. The van der Waals surface area contributed by atoms with Gasteiger partial charge in [0.2, 0.25) is 5.91 Å². The fourth-order valence-corrected chi connectivity index (χ4v) is 6.68. The molecule has 4 N–H and O–H groups in total. The molecular formula is C32H38N8O4. The summed E-state index contributed by atoms with van der Waals surface area (Å²) in [7, 11) is 4.76. The number of fused-ring (bicyclic) bond motifs is 2. The highest BCUT2D eigenvalue weighted by molar-refractivity contribution is 5.95. The van der Waals surface area contributed by atoms with Gasteiger partial charge in [0.15, 0.2) is 0 Å². The van der Waals surface area contributed by atoms with Gasteiger partial charge >= 0.3 is 5.69 Å². The van der Waals surface area contributed by atoms with E-state index in [1.165, 1.54) is 4.68 Å². The van der Waals surface area contributed by atoms with Crippen LogP contribution in [0.3, 0.4) is 0 Å². The van der Waals surface area contributed by atoms with Crippen molar-refractivity contribution >= 4 is 17.7 Å². The van der Waals surface area contributed by atoms with Crippen molar-refractivity contribution in [2.75, 3.05) is 27.2 Å². The average molecular weight is 599 g/mol. The van der Waals surface area contributed by atoms with Gasteiger partial charge in [-0.3, -0.25) is 19.4 Å². The summed E-state index contributed by atoms with van der Waals surface area (Å²) in [6.45, 7) is 2.59. The lowest BCUT2D eigenvalue weighted by Gasteiger charge is -2.37. The summed E-state index contributed by atoms with van der Waals surface area (Å²) in [6.07, 6.45) is 3.06. The molecule has 2 heterocycles. The summed E-state index contributed by atoms with van der Waals surface area (Å²) < 4.78 is 1.26. The number of aromatic amines is 1. The number of benzene rings is 2. The lowest BCUT2D eigenvalue weighted by Crippen LogP contribution is -2.45. The van der Waals surface area contributed by atoms with Crippen LogP contribution in [-0.4, -0.2) is 76.7 Å². The van der Waals surface area contributed by atoms with Crippen molar-refractivity contribution in [3.8, 4) is 6.07 Å². The normalized spacial score (nSPS) is 17.5. The van der Waals surface area contributed by atoms with Crippen LogP contribution in [0.25, 0.3) is 0 Å². The third-order valence-electron chi connectivity index (χ3n) is 8.88. The first-order valence-electron chi connectivity index (χ1n) is 14.9. The van der Waals surface area contributed by atoms with Gasteiger partial charge in [0.1, 0.15) is 11.9 Å². The summed E-state index contributed by atoms with van der Waals surface area (Å²) in [5, 5.41) is 22.9. The van der Waals surface area contributed by atoms with E-state index in [2.05, 4.69) is 32.1 Å². The number of aryl methyl sites for hydroxylation is 3. The van der Waals surface area contributed by atoms with E-state index in [4.69, 9.17) is 0 Å². The maximum Gasteiger partial charge on any atom is 0.343 e. The molecule has 1 fully saturated rings. The zero-order valence-electron chi connectivity index (χ0n) is 25.5. The molecule has 2 aromatic carbocycles. The van der Waals surface area contributed by atoms with Crippen LogP contribution in [-0.2, 0) is 30.1 Å². The number of H-pyrrole nitrogens is 1. The monoisotopic (exact) mass is 598 g/mol. The Morgan fingerprint density at radius 2 is 1.66 bits per heavy atom. The second-order valence-electron chi connectivity index (χ2n) is 11.6. The molecule has 0 radical (unpaired) electrons. The summed E-state index contributed by atoms with van der Waals surface area (Å²) in [5.41, 5.74) is 3.28. The third kappa shape index (κ3) is 5.51. The van der Waals surface area contributed by atoms with E-state index in [-0.39, 0.29) is 36.0 Å². The maximum absolute atomic E-state index is 13.1. The Morgan fingerprint density at radius 3 is 2.16 bits per heavy atom. The van der Waals surface area contributed by atoms with Gasteiger partial charge in [-0.25, -0.2) is 9.48 Å². The Bertz CT molecular complexity index is 1630. The van der Waals surface area contributed by atoms with Gasteiger partial charge in [0, 0.05) is 44.9 Å². The molecule has 1 saturated heterocycles. The minimum absolute atomic E-state index is 0.0547. The quantitative estimate of drug-likeness (QED) is 0.302. The number of rotatable bonds is 8. The van der Waals surface area contributed by atoms with Crippen LogP contribution < -0.4 is 21.6 Å². The summed E-state index contributed by atoms with van der Waals surface area (Å²) >= 11 is 0. The molecule has 1 aliphatic carbocycles. The molecule has 2 atom stereocenters. The highest BCUT2D eigenvalue weighted by Gasteiger charge is 2.45. The molecule has 3 amide bonds. The number of hydrogen-bond donors (Lipinski definition) is 4. The third-order valence-corrected chi connectivity index (χ3v) is 8.88. The summed E-state index contributed by atoms with van der Waals surface area (Å²) in [6, 6.07) is 12.7. The second kappa shape index (κ2) is 12.5. The largest absolute Gasteiger partial charge is 0.355 e. The van der Waals surface area contributed by atoms with Gasteiger partial charge in [-0.2, -0.15) is 10.4 Å². The first kappa shape index (κ1) is 30.7. The van der Waals surface area contributed by atoms with Crippen LogP contribution in [0.1, 0.15) is 75.0 Å². The molecule has 0 saturated carbocycles. The van der Waals surface area contributed by atoms with E-state index in [0.29, 0.717) is 49.2 Å². The number of amides is 3. The van der Waals surface area contributed by atoms with E-state index in [1.807, 2.05) is 31.2 Å². The Labute approximate surface area is 255 Å². The minimum Gasteiger partial charge on any atom is -0.355 e. The molecule has 12 heteroatoms. The molecule has 2 aliphatic rings. The highest BCUT2D eigenvalue weighted by atomic mass is 16.2. The number of carbonyl (C=O) groups excluding carboxylic acids is 3. The molecule has 44 heavy (non-hydrogen) atoms. The molecule has 12 nitrogen and oxygen atoms in total. The van der Waals surface area contributed by atoms with Crippen molar-refractivity contribution < 1.29 is 14.4 Å². The van der Waals surface area contributed by atoms with Crippen LogP contribution in [0.15, 0.2) is 41.2 Å². The van der Waals surface area contributed by atoms with E-state index >= 15 is 0 Å². The lowest BCUT2D eigenvalue weighted by atomic mass is 9.67. The molecule has 1 aromatic heterocycles. The zero-order valence-corrected chi connectivity index (χ0v) is 25.5. The van der Waals surface area contributed by atoms with E-state index in [9.17, 15) is 24.4 Å². The summed E-state index contributed by atoms with van der Waals surface area (Å²) in [4.78, 5) is 55.8. The number of nitrogens with one attached hydrogen (secondary N) is 4. The number of carbonyl (C=O) groups is 3. The molecular weight excluding hydrogens is 560 g/mol. The predicted octanol–water partition coefficient (Wildman–Crippen LogP) is 1.14. The van der Waals surface area contributed by atoms with Gasteiger partial charge < -0.3 is 20.9 Å². The molecule has 230 valence electrons. The summed E-state index contributed by atoms with van der Waals surface area (Å²) in [5.74, 6) is -0.119. The Morgan fingerprint density at radius 1 is 1.07 bits per heavy atom. The molecule has 0 bridgehead atoms. The van der Waals surface area contributed by atoms with Crippen LogP contribution in [0.2, 0.25) is 0 Å². The molecule has 1 unspecified atom stereocenters. The van der Waals surface area contributed by atoms with Crippen molar-refractivity contribution in [1.82, 2.24) is 35.6 Å². The van der Waals surface area contributed by atoms with Crippen molar-refractivity contribution in [2.24, 2.45) is 7.05 Å². The van der Waals surface area contributed by atoms with Crippen molar-refractivity contribution in [3.63, 3.8) is 0 Å². The molecule has 1 aliphatic heterocycles. The highest BCUT2D eigenvalue weighted by Crippen LogP contribution is 2.47. The number of hydrogen-bond acceptors (Lipinski definition) is 7. The second-order valence-corrected chi connectivity index (χ2v) is 11.6. The van der Waals surface area contributed by atoms with Gasteiger partial charge in [-0.05, 0) is 85.5 Å². The standard InChI is InChI=1S/C32H38N8O4/c1-19(36-18-27(41)40-13-5-6-24(40)17-33)16-32(30-37-31(44)39(4)38-30)25-11-9-22(28(42)34-2)14-20(25)7-8-21-15-23(29(43)35-3)10-12-26(21)32/h9-12,14-15,19,24,36H,5-8,13,16,18H2,1-4H3,(H,34,42)(H,35,43)(H,37,38,44)/t19-,24?/m0/s1. The minimum atomic E-state index is -0.998. The van der Waals surface area contributed by atoms with E-state index in [0.717, 1.165) is 28.7 Å². The van der Waals surface area contributed by atoms with E-state index < -0.39 is 11.5 Å². The number of likely N-dealkylation sites (tertiary alicyclic amines) is 1. The Balaban J connectivity index is 1.65. The molecule has 3 aromatic rings. The predicted molar refractivity (Wildman–Crippen MR) is 163 cm³/mol. The Hall–Kier alpha value is -4.76. The number of nitriles is 1. The average Bonchev–Trinajstić information content (AvgIpc) is 3.63. The van der Waals surface area contributed by atoms with Crippen molar-refractivity contribution in [2.45, 2.75) is 56.5 Å². The van der Waals surface area contributed by atoms with Crippen LogP contribution >= 0.6 is 0 Å². The first-order valence-corrected chi connectivity index (χ1v) is 14.9. The van der Waals surface area contributed by atoms with Crippen molar-refractivity contribution in [3.05, 3.63) is 86.1 Å². The maximum atomic E-state index is 13.1. The molecule has 0 spiro atoms. The zero-order chi connectivity index (χ0) is 31.6. The fraction of sp³-hybridized carbons (Fsp3) is 0.438.